The minimum Gasteiger partial charge on any atom is -0.358 e. The summed E-state index contributed by atoms with van der Waals surface area (Å²) < 4.78 is 0. The molecular weight excluding hydrogens is 564 g/mol. The van der Waals surface area contributed by atoms with Gasteiger partial charge in [0.1, 0.15) is 12.1 Å². The topological polar surface area (TPSA) is 64.7 Å². The van der Waals surface area contributed by atoms with E-state index >= 15 is 0 Å². The second-order valence-corrected chi connectivity index (χ2v) is 11.5. The summed E-state index contributed by atoms with van der Waals surface area (Å²) in [7, 11) is 1.80. The number of fused-ring (bicyclic) bond motifs is 1. The molecule has 1 fully saturated rings. The summed E-state index contributed by atoms with van der Waals surface area (Å²) in [5, 5.41) is 9.77. The van der Waals surface area contributed by atoms with Gasteiger partial charge < -0.3 is 20.4 Å². The molecule has 216 valence electrons. The predicted octanol–water partition coefficient (Wildman–Crippen LogP) is 5.72. The number of halogens is 1. The Kier molecular flexibility index (Phi) is 9.72. The average molecular weight is 599 g/mol. The van der Waals surface area contributed by atoms with Crippen LogP contribution in [0.4, 0.5) is 0 Å². The lowest BCUT2D eigenvalue weighted by molar-refractivity contribution is -0.136. The van der Waals surface area contributed by atoms with Gasteiger partial charge in [-0.3, -0.25) is 9.59 Å². The van der Waals surface area contributed by atoms with Gasteiger partial charge in [0.25, 0.3) is 0 Å². The maximum absolute atomic E-state index is 13.9. The van der Waals surface area contributed by atoms with Crippen LogP contribution in [0.3, 0.4) is 0 Å². The van der Waals surface area contributed by atoms with Crippen LogP contribution in [0, 0.1) is 0 Å². The van der Waals surface area contributed by atoms with Crippen LogP contribution in [0.2, 0.25) is 5.02 Å². The van der Waals surface area contributed by atoms with Crippen molar-refractivity contribution in [2.75, 3.05) is 13.6 Å². The SMILES string of the molecule is CN(Cc1cccc2ccccc12)C(=O)[C@H](Cc1ccccc1)NC(=O)[C@@H]1CCCN1C(=S)NCc1ccccc1Cl. The Morgan fingerprint density at radius 3 is 2.45 bits per heavy atom. The molecule has 0 aliphatic carbocycles. The van der Waals surface area contributed by atoms with E-state index in [1.54, 1.807) is 11.9 Å². The van der Waals surface area contributed by atoms with Gasteiger partial charge in [0.05, 0.1) is 0 Å². The molecule has 1 heterocycles. The maximum Gasteiger partial charge on any atom is 0.245 e. The van der Waals surface area contributed by atoms with Gasteiger partial charge in [-0.2, -0.15) is 0 Å². The zero-order valence-corrected chi connectivity index (χ0v) is 25.2. The first kappa shape index (κ1) is 29.5. The van der Waals surface area contributed by atoms with Crippen molar-refractivity contribution in [1.82, 2.24) is 20.4 Å². The van der Waals surface area contributed by atoms with Crippen LogP contribution in [-0.2, 0) is 29.1 Å². The summed E-state index contributed by atoms with van der Waals surface area (Å²) in [6, 6.07) is 30.5. The summed E-state index contributed by atoms with van der Waals surface area (Å²) in [5.41, 5.74) is 2.98. The molecule has 0 aromatic heterocycles. The van der Waals surface area contributed by atoms with Crippen molar-refractivity contribution in [1.29, 1.82) is 0 Å². The van der Waals surface area contributed by atoms with Crippen molar-refractivity contribution in [3.05, 3.63) is 119 Å². The van der Waals surface area contributed by atoms with Gasteiger partial charge in [0, 0.05) is 38.1 Å². The fraction of sp³-hybridized carbons (Fsp3) is 0.265. The Morgan fingerprint density at radius 2 is 1.64 bits per heavy atom. The normalized spacial score (nSPS) is 15.3. The van der Waals surface area contributed by atoms with Crippen molar-refractivity contribution < 1.29 is 9.59 Å². The Morgan fingerprint density at radius 1 is 0.952 bits per heavy atom. The molecule has 2 N–H and O–H groups in total. The van der Waals surface area contributed by atoms with Crippen LogP contribution in [0.15, 0.2) is 97.1 Å². The van der Waals surface area contributed by atoms with Gasteiger partial charge in [0.2, 0.25) is 11.8 Å². The number of hydrogen-bond acceptors (Lipinski definition) is 3. The van der Waals surface area contributed by atoms with Crippen molar-refractivity contribution >= 4 is 51.5 Å². The number of carbonyl (C=O) groups excluding carboxylic acids is 2. The van der Waals surface area contributed by atoms with Crippen LogP contribution < -0.4 is 10.6 Å². The molecule has 2 amide bonds. The van der Waals surface area contributed by atoms with Crippen LogP contribution in [-0.4, -0.2) is 52.4 Å². The molecule has 4 aromatic rings. The molecule has 6 nitrogen and oxygen atoms in total. The van der Waals surface area contributed by atoms with Crippen LogP contribution in [0.1, 0.15) is 29.5 Å². The predicted molar refractivity (Wildman–Crippen MR) is 173 cm³/mol. The summed E-state index contributed by atoms with van der Waals surface area (Å²) in [5.74, 6) is -0.327. The van der Waals surface area contributed by atoms with Crippen molar-refractivity contribution in [2.24, 2.45) is 0 Å². The third-order valence-electron chi connectivity index (χ3n) is 7.77. The number of likely N-dealkylation sites (tertiary alicyclic amines) is 1. The van der Waals surface area contributed by atoms with Gasteiger partial charge in [-0.1, -0.05) is 103 Å². The molecule has 1 aliphatic heterocycles. The molecule has 42 heavy (non-hydrogen) atoms. The highest BCUT2D eigenvalue weighted by Crippen LogP contribution is 2.22. The number of rotatable bonds is 9. The van der Waals surface area contributed by atoms with E-state index in [9.17, 15) is 9.59 Å². The van der Waals surface area contributed by atoms with E-state index in [1.807, 2.05) is 83.8 Å². The smallest absolute Gasteiger partial charge is 0.245 e. The maximum atomic E-state index is 13.9. The number of benzene rings is 4. The number of hydrogen-bond donors (Lipinski definition) is 2. The Bertz CT molecular complexity index is 1560. The van der Waals surface area contributed by atoms with Gasteiger partial charge in [-0.15, -0.1) is 0 Å². The number of likely N-dealkylation sites (N-methyl/N-ethyl adjacent to an activating group) is 1. The molecule has 5 rings (SSSR count). The lowest BCUT2D eigenvalue weighted by Crippen LogP contribution is -2.55. The molecule has 2 atom stereocenters. The average Bonchev–Trinajstić information content (AvgIpc) is 3.51. The molecule has 8 heteroatoms. The lowest BCUT2D eigenvalue weighted by atomic mass is 10.0. The number of nitrogens with one attached hydrogen (secondary N) is 2. The highest BCUT2D eigenvalue weighted by molar-refractivity contribution is 7.80. The highest BCUT2D eigenvalue weighted by atomic mass is 35.5. The highest BCUT2D eigenvalue weighted by Gasteiger charge is 2.35. The number of nitrogens with zero attached hydrogens (tertiary/aromatic N) is 2. The monoisotopic (exact) mass is 598 g/mol. The van der Waals surface area contributed by atoms with Crippen molar-refractivity contribution in [3.8, 4) is 0 Å². The quantitative estimate of drug-likeness (QED) is 0.241. The van der Waals surface area contributed by atoms with Gasteiger partial charge in [-0.05, 0) is 58.6 Å². The first-order chi connectivity index (χ1) is 20.4. The summed E-state index contributed by atoms with van der Waals surface area (Å²) in [4.78, 5) is 31.2. The van der Waals surface area contributed by atoms with Gasteiger partial charge in [-0.25, -0.2) is 0 Å². The zero-order valence-electron chi connectivity index (χ0n) is 23.6. The molecule has 1 aliphatic rings. The Balaban J connectivity index is 1.29. The van der Waals surface area contributed by atoms with E-state index in [0.29, 0.717) is 42.6 Å². The lowest BCUT2D eigenvalue weighted by Gasteiger charge is -2.30. The molecule has 0 spiro atoms. The summed E-state index contributed by atoms with van der Waals surface area (Å²) in [6.45, 7) is 1.58. The molecular formula is C34H35ClN4O2S. The van der Waals surface area contributed by atoms with E-state index in [1.165, 1.54) is 0 Å². The molecule has 0 radical (unpaired) electrons. The summed E-state index contributed by atoms with van der Waals surface area (Å²) >= 11 is 12.0. The van der Waals surface area contributed by atoms with Gasteiger partial charge in [0.15, 0.2) is 5.11 Å². The minimum absolute atomic E-state index is 0.135. The Labute approximate surface area is 257 Å². The molecule has 0 saturated carbocycles. The largest absolute Gasteiger partial charge is 0.358 e. The standard InChI is InChI=1S/C34H35ClN4O2S/c1-38(23-27-16-9-15-25-13-5-7-17-28(25)27)33(41)30(21-24-11-3-2-4-12-24)37-32(40)31-19-10-20-39(31)34(42)36-22-26-14-6-8-18-29(26)35/h2-9,11-18,30-31H,10,19-23H2,1H3,(H,36,42)(H,37,40)/t30-,31-/m0/s1. The third kappa shape index (κ3) is 7.09. The van der Waals surface area contributed by atoms with E-state index < -0.39 is 12.1 Å². The fourth-order valence-electron chi connectivity index (χ4n) is 5.54. The van der Waals surface area contributed by atoms with Crippen molar-refractivity contribution in [3.63, 3.8) is 0 Å². The van der Waals surface area contributed by atoms with Gasteiger partial charge >= 0.3 is 0 Å². The van der Waals surface area contributed by atoms with Crippen LogP contribution >= 0.6 is 23.8 Å². The van der Waals surface area contributed by atoms with E-state index in [0.717, 1.165) is 33.9 Å². The molecule has 1 saturated heterocycles. The number of amides is 2. The second-order valence-electron chi connectivity index (χ2n) is 10.7. The summed E-state index contributed by atoms with van der Waals surface area (Å²) in [6.07, 6.45) is 1.90. The van der Waals surface area contributed by atoms with Crippen molar-refractivity contribution in [2.45, 2.75) is 44.4 Å². The first-order valence-electron chi connectivity index (χ1n) is 14.2. The number of carbonyl (C=O) groups is 2. The van der Waals surface area contributed by atoms with Crippen LogP contribution in [0.25, 0.3) is 10.8 Å². The van der Waals surface area contributed by atoms with E-state index in [2.05, 4.69) is 28.8 Å². The van der Waals surface area contributed by atoms with Crippen LogP contribution in [0.5, 0.6) is 0 Å². The fourth-order valence-corrected chi connectivity index (χ4v) is 6.04. The number of thiocarbonyl (C=S) groups is 1. The molecule has 0 bridgehead atoms. The van der Waals surface area contributed by atoms with E-state index in [-0.39, 0.29) is 11.8 Å². The van der Waals surface area contributed by atoms with E-state index in [4.69, 9.17) is 23.8 Å². The zero-order chi connectivity index (χ0) is 29.5. The second kappa shape index (κ2) is 13.8. The Hall–Kier alpha value is -3.94. The first-order valence-corrected chi connectivity index (χ1v) is 15.0. The third-order valence-corrected chi connectivity index (χ3v) is 8.51. The minimum atomic E-state index is -0.716. The molecule has 0 unspecified atom stereocenters. The molecule has 4 aromatic carbocycles.